The molecule has 41 heavy (non-hydrogen) atoms. The molecule has 11 nitrogen and oxygen atoms in total. The van der Waals surface area contributed by atoms with Gasteiger partial charge >= 0.3 is 6.18 Å². The second-order valence-electron chi connectivity index (χ2n) is 9.83. The number of anilines is 1. The predicted molar refractivity (Wildman–Crippen MR) is 134 cm³/mol. The predicted octanol–water partition coefficient (Wildman–Crippen LogP) is 3.28. The summed E-state index contributed by atoms with van der Waals surface area (Å²) in [6.45, 7) is -1.45. The summed E-state index contributed by atoms with van der Waals surface area (Å²) in [5, 5.41) is 17.0. The Morgan fingerprint density at radius 1 is 1.27 bits per heavy atom. The van der Waals surface area contributed by atoms with Gasteiger partial charge in [-0.05, 0) is 48.2 Å². The Labute approximate surface area is 229 Å². The number of hydrogen-bond acceptors (Lipinski definition) is 8. The third-order valence-corrected chi connectivity index (χ3v) is 7.41. The van der Waals surface area contributed by atoms with E-state index in [-0.39, 0.29) is 35.1 Å². The maximum Gasteiger partial charge on any atom is 0.422 e. The second-order valence-corrected chi connectivity index (χ2v) is 12.1. The van der Waals surface area contributed by atoms with E-state index >= 15 is 0 Å². The number of halogens is 5. The van der Waals surface area contributed by atoms with Gasteiger partial charge in [0.25, 0.3) is 12.3 Å². The Morgan fingerprint density at radius 2 is 2.02 bits per heavy atom. The quantitative estimate of drug-likeness (QED) is 0.353. The number of rotatable bonds is 7. The standard InChI is InChI=1S/C24H22F5N7O4S/c1-41(30,39)10-18(37)31-21-19-16(35-36(21)17-5-4-15(20(25)26)33-34-17)9-23(32-22(19)38)7-6-12-8-13(2-3-14(12)23)40-11-24(27,28)29/h2-5,8,20,30H,6-7,9-11H2,1H3,(H,31,37)(H,32,38)/t23-,41?/m0/s1. The van der Waals surface area contributed by atoms with Crippen LogP contribution in [0.5, 0.6) is 5.75 Å². The van der Waals surface area contributed by atoms with Gasteiger partial charge in [0.2, 0.25) is 5.91 Å². The lowest BCUT2D eigenvalue weighted by atomic mass is 9.82. The molecule has 3 N–H and O–H groups in total. The number of alkyl halides is 5. The molecule has 0 fully saturated rings. The summed E-state index contributed by atoms with van der Waals surface area (Å²) in [6.07, 6.45) is -5.38. The van der Waals surface area contributed by atoms with Crippen LogP contribution in [0.4, 0.5) is 27.8 Å². The molecule has 1 spiro atoms. The van der Waals surface area contributed by atoms with Gasteiger partial charge in [0.1, 0.15) is 22.8 Å². The number of carbonyl (C=O) groups is 2. The van der Waals surface area contributed by atoms with E-state index in [0.29, 0.717) is 24.0 Å². The zero-order valence-electron chi connectivity index (χ0n) is 21.2. The SMILES string of the molecule is CS(=N)(=O)CC(=O)Nc1c2c(nn1-c1ccc(C(F)F)nn1)C[C@]1(CCc3cc(OCC(F)(F)F)ccc31)NC2=O. The summed E-state index contributed by atoms with van der Waals surface area (Å²) in [4.78, 5) is 26.1. The largest absolute Gasteiger partial charge is 0.484 e. The van der Waals surface area contributed by atoms with E-state index < -0.39 is 57.7 Å². The Balaban J connectivity index is 1.52. The van der Waals surface area contributed by atoms with Gasteiger partial charge < -0.3 is 15.4 Å². The van der Waals surface area contributed by atoms with Gasteiger partial charge in [0.05, 0.1) is 21.0 Å². The number of hydrogen-bond donors (Lipinski definition) is 3. The second kappa shape index (κ2) is 10.0. The lowest BCUT2D eigenvalue weighted by Crippen LogP contribution is -2.49. The summed E-state index contributed by atoms with van der Waals surface area (Å²) in [6, 6.07) is 6.64. The van der Waals surface area contributed by atoms with E-state index in [0.717, 1.165) is 17.0 Å². The van der Waals surface area contributed by atoms with Gasteiger partial charge in [-0.25, -0.2) is 13.0 Å². The van der Waals surface area contributed by atoms with Crippen molar-refractivity contribution in [1.29, 1.82) is 4.78 Å². The van der Waals surface area contributed by atoms with Crippen molar-refractivity contribution in [3.05, 3.63) is 58.4 Å². The van der Waals surface area contributed by atoms with Crippen molar-refractivity contribution in [3.63, 3.8) is 0 Å². The van der Waals surface area contributed by atoms with Gasteiger partial charge in [-0.1, -0.05) is 6.07 Å². The van der Waals surface area contributed by atoms with E-state index in [9.17, 15) is 35.8 Å². The third kappa shape index (κ3) is 5.84. The van der Waals surface area contributed by atoms with Crippen LogP contribution in [0.1, 0.15) is 45.7 Å². The maximum absolute atomic E-state index is 13.5. The number of carbonyl (C=O) groups excluding carboxylic acids is 2. The molecule has 2 aliphatic rings. The van der Waals surface area contributed by atoms with Crippen LogP contribution >= 0.6 is 0 Å². The molecule has 0 radical (unpaired) electrons. The zero-order valence-corrected chi connectivity index (χ0v) is 22.0. The number of nitrogens with zero attached hydrogens (tertiary/aromatic N) is 4. The van der Waals surface area contributed by atoms with E-state index in [4.69, 9.17) is 9.52 Å². The number of aromatic nitrogens is 4. The van der Waals surface area contributed by atoms with Crippen molar-refractivity contribution >= 4 is 27.4 Å². The van der Waals surface area contributed by atoms with E-state index in [1.807, 2.05) is 0 Å². The van der Waals surface area contributed by atoms with Crippen LogP contribution in [-0.4, -0.2) is 60.8 Å². The summed E-state index contributed by atoms with van der Waals surface area (Å²) in [7, 11) is -3.25. The number of aryl methyl sites for hydroxylation is 1. The first-order valence-corrected chi connectivity index (χ1v) is 14.2. The normalized spacial score (nSPS) is 19.4. The van der Waals surface area contributed by atoms with Crippen molar-refractivity contribution in [3.8, 4) is 11.6 Å². The maximum atomic E-state index is 13.5. The zero-order chi connectivity index (χ0) is 29.7. The molecule has 1 aliphatic heterocycles. The fourth-order valence-electron chi connectivity index (χ4n) is 4.99. The molecule has 5 rings (SSSR count). The lowest BCUT2D eigenvalue weighted by Gasteiger charge is -2.35. The number of fused-ring (bicyclic) bond motifs is 3. The van der Waals surface area contributed by atoms with E-state index in [1.54, 1.807) is 6.07 Å². The van der Waals surface area contributed by atoms with Crippen molar-refractivity contribution in [2.24, 2.45) is 0 Å². The molecular formula is C24H22F5N7O4S. The molecule has 218 valence electrons. The summed E-state index contributed by atoms with van der Waals surface area (Å²) in [5.74, 6) is -2.40. The molecular weight excluding hydrogens is 577 g/mol. The topological polar surface area (TPSA) is 152 Å². The number of benzene rings is 1. The van der Waals surface area contributed by atoms with Crippen molar-refractivity contribution < 1.29 is 40.5 Å². The minimum atomic E-state index is -4.50. The van der Waals surface area contributed by atoms with Crippen molar-refractivity contribution in [2.75, 3.05) is 23.9 Å². The van der Waals surface area contributed by atoms with Crippen LogP contribution in [-0.2, 0) is 32.9 Å². The Bertz CT molecular complexity index is 1640. The lowest BCUT2D eigenvalue weighted by molar-refractivity contribution is -0.153. The average Bonchev–Trinajstić information content (AvgIpc) is 3.39. The van der Waals surface area contributed by atoms with Crippen LogP contribution < -0.4 is 15.4 Å². The van der Waals surface area contributed by atoms with Crippen LogP contribution in [0.2, 0.25) is 0 Å². The molecule has 17 heteroatoms. The van der Waals surface area contributed by atoms with Crippen LogP contribution in [0.15, 0.2) is 30.3 Å². The number of ether oxygens (including phenoxy) is 1. The summed E-state index contributed by atoms with van der Waals surface area (Å²) >= 11 is 0. The summed E-state index contributed by atoms with van der Waals surface area (Å²) in [5.41, 5.74) is -0.0481. The molecule has 0 saturated heterocycles. The van der Waals surface area contributed by atoms with E-state index in [2.05, 4.69) is 25.9 Å². The average molecular weight is 600 g/mol. The fraction of sp³-hybridized carbons (Fsp3) is 0.375. The third-order valence-electron chi connectivity index (χ3n) is 6.60. The van der Waals surface area contributed by atoms with Crippen molar-refractivity contribution in [2.45, 2.75) is 37.4 Å². The highest BCUT2D eigenvalue weighted by molar-refractivity contribution is 7.92. The van der Waals surface area contributed by atoms with Gasteiger partial charge in [0, 0.05) is 12.7 Å². The molecule has 3 heterocycles. The molecule has 2 amide bonds. The molecule has 0 bridgehead atoms. The number of nitrogens with one attached hydrogen (secondary N) is 3. The highest BCUT2D eigenvalue weighted by Crippen LogP contribution is 2.44. The van der Waals surface area contributed by atoms with Crippen LogP contribution in [0.25, 0.3) is 5.82 Å². The molecule has 3 aromatic rings. The van der Waals surface area contributed by atoms with Crippen molar-refractivity contribution in [1.82, 2.24) is 25.3 Å². The number of amides is 2. The van der Waals surface area contributed by atoms with Gasteiger partial charge in [-0.3, -0.25) is 14.4 Å². The minimum Gasteiger partial charge on any atom is -0.484 e. The highest BCUT2D eigenvalue weighted by atomic mass is 32.2. The molecule has 2 atom stereocenters. The first-order valence-electron chi connectivity index (χ1n) is 12.0. The van der Waals surface area contributed by atoms with Gasteiger partial charge in [-0.2, -0.15) is 23.0 Å². The first-order chi connectivity index (χ1) is 19.1. The molecule has 1 aliphatic carbocycles. The minimum absolute atomic E-state index is 0.0305. The Kier molecular flexibility index (Phi) is 6.95. The molecule has 1 unspecified atom stereocenters. The Hall–Kier alpha value is -4.15. The van der Waals surface area contributed by atoms with E-state index in [1.165, 1.54) is 18.2 Å². The van der Waals surface area contributed by atoms with Crippen LogP contribution in [0.3, 0.4) is 0 Å². The smallest absolute Gasteiger partial charge is 0.422 e. The fourth-order valence-corrected chi connectivity index (χ4v) is 5.57. The molecule has 0 saturated carbocycles. The van der Waals surface area contributed by atoms with Gasteiger partial charge in [-0.15, -0.1) is 10.2 Å². The van der Waals surface area contributed by atoms with Crippen LogP contribution in [0, 0.1) is 4.78 Å². The first kappa shape index (κ1) is 28.4. The summed E-state index contributed by atoms with van der Waals surface area (Å²) < 4.78 is 89.1. The molecule has 1 aromatic carbocycles. The molecule has 2 aromatic heterocycles. The Morgan fingerprint density at radius 3 is 2.66 bits per heavy atom. The highest BCUT2D eigenvalue weighted by Gasteiger charge is 2.47. The monoisotopic (exact) mass is 599 g/mol. The van der Waals surface area contributed by atoms with Gasteiger partial charge in [0.15, 0.2) is 18.2 Å².